The van der Waals surface area contributed by atoms with Crippen molar-refractivity contribution < 1.29 is 47.6 Å². The molecule has 12 nitrogen and oxygen atoms in total. The molecular weight excluding hydrogens is 644 g/mol. The summed E-state index contributed by atoms with van der Waals surface area (Å²) in [4.78, 5) is 53.6. The van der Waals surface area contributed by atoms with Gasteiger partial charge in [0.2, 0.25) is 11.8 Å². The largest absolute Gasteiger partial charge is 0.465 e. The summed E-state index contributed by atoms with van der Waals surface area (Å²) in [7, 11) is 0. The number of alkyl halides is 1. The molecule has 6 atom stereocenters. The van der Waals surface area contributed by atoms with E-state index in [1.165, 1.54) is 12.2 Å². The van der Waals surface area contributed by atoms with E-state index in [-0.39, 0.29) is 12.6 Å². The quantitative estimate of drug-likeness (QED) is 0.0633. The van der Waals surface area contributed by atoms with Gasteiger partial charge in [0, 0.05) is 19.4 Å². The van der Waals surface area contributed by atoms with Crippen LogP contribution in [0.2, 0.25) is 0 Å². The molecule has 1 aromatic heterocycles. The second-order valence-corrected chi connectivity index (χ2v) is 12.4. The number of epoxide rings is 1. The Hall–Kier alpha value is -3.74. The number of imide groups is 1. The summed E-state index contributed by atoms with van der Waals surface area (Å²) in [6.07, 6.45) is 11.0. The number of nitrogens with one attached hydrogen (secondary N) is 1. The summed E-state index contributed by atoms with van der Waals surface area (Å²) < 4.78 is 28.1. The summed E-state index contributed by atoms with van der Waals surface area (Å²) in [5.74, 6) is -0.740. The lowest BCUT2D eigenvalue weighted by atomic mass is 9.98. The molecule has 1 saturated heterocycles. The number of aromatic nitrogens is 1. The van der Waals surface area contributed by atoms with Gasteiger partial charge in [-0.25, -0.2) is 14.6 Å². The Bertz CT molecular complexity index is 1370. The molecule has 0 spiro atoms. The van der Waals surface area contributed by atoms with Crippen LogP contribution in [0.1, 0.15) is 95.9 Å². The number of aryl methyl sites for hydroxylation is 1. The maximum absolute atomic E-state index is 13.0. The van der Waals surface area contributed by atoms with Crippen molar-refractivity contribution in [2.45, 2.75) is 121 Å². The molecule has 3 heterocycles. The number of amides is 2. The number of allylic oxidation sites excluding steroid dienone is 3. The van der Waals surface area contributed by atoms with Gasteiger partial charge in [0.1, 0.15) is 23.7 Å². The number of hydrogen-bond acceptors (Lipinski definition) is 11. The van der Waals surface area contributed by atoms with Crippen LogP contribution in [-0.2, 0) is 33.3 Å². The first-order valence-corrected chi connectivity index (χ1v) is 16.9. The van der Waals surface area contributed by atoms with E-state index in [9.17, 15) is 24.3 Å². The third-order valence-corrected chi connectivity index (χ3v) is 8.10. The molecule has 0 saturated carbocycles. The molecule has 2 N–H and O–H groups in total. The van der Waals surface area contributed by atoms with E-state index >= 15 is 0 Å². The number of aliphatic hydroxyl groups is 1. The first-order valence-electron chi connectivity index (χ1n) is 16.5. The Kier molecular flexibility index (Phi) is 16.1. The predicted octanol–water partition coefficient (Wildman–Crippen LogP) is 5.89. The lowest BCUT2D eigenvalue weighted by molar-refractivity contribution is -0.159. The fraction of sp³-hybridized carbons (Fsp3) is 0.571. The summed E-state index contributed by atoms with van der Waals surface area (Å²) in [6, 6.07) is 0. The third kappa shape index (κ3) is 13.4. The minimum Gasteiger partial charge on any atom is -0.465 e. The molecule has 264 valence electrons. The Morgan fingerprint density at radius 2 is 1.92 bits per heavy atom. The molecule has 2 aliphatic rings. The predicted molar refractivity (Wildman–Crippen MR) is 179 cm³/mol. The fourth-order valence-corrected chi connectivity index (χ4v) is 5.33. The topological polar surface area (TPSA) is 167 Å². The Morgan fingerprint density at radius 3 is 2.67 bits per heavy atom. The molecule has 2 amide bonds. The van der Waals surface area contributed by atoms with Crippen LogP contribution in [0.4, 0.5) is 4.79 Å². The van der Waals surface area contributed by atoms with Crippen molar-refractivity contribution in [2.75, 3.05) is 6.61 Å². The number of oxazole rings is 1. The highest BCUT2D eigenvalue weighted by atomic mass is 35.5. The number of carbonyl (C=O) groups excluding carboxylic acids is 4. The summed E-state index contributed by atoms with van der Waals surface area (Å²) in [5.41, 5.74) is 1.55. The number of nitrogens with zero attached hydrogens (tertiary/aromatic N) is 1. The number of rotatable bonds is 13. The van der Waals surface area contributed by atoms with Gasteiger partial charge in [0.05, 0.1) is 18.1 Å². The van der Waals surface area contributed by atoms with Crippen LogP contribution < -0.4 is 5.32 Å². The minimum atomic E-state index is -1.57. The zero-order chi connectivity index (χ0) is 35.1. The van der Waals surface area contributed by atoms with Gasteiger partial charge >= 0.3 is 18.0 Å². The smallest absolute Gasteiger partial charge is 0.414 e. The van der Waals surface area contributed by atoms with Crippen LogP contribution in [-0.4, -0.2) is 76.5 Å². The monoisotopic (exact) mass is 690 g/mol. The second-order valence-electron chi connectivity index (χ2n) is 11.9. The van der Waals surface area contributed by atoms with Gasteiger partial charge in [-0.3, -0.25) is 14.9 Å². The van der Waals surface area contributed by atoms with E-state index in [1.807, 2.05) is 18.3 Å². The van der Waals surface area contributed by atoms with Crippen molar-refractivity contribution in [3.8, 4) is 0 Å². The Balaban J connectivity index is 1.75. The van der Waals surface area contributed by atoms with Crippen molar-refractivity contribution >= 4 is 47.7 Å². The van der Waals surface area contributed by atoms with Crippen molar-refractivity contribution in [1.29, 1.82) is 0 Å². The van der Waals surface area contributed by atoms with Crippen molar-refractivity contribution in [2.24, 2.45) is 0 Å². The highest BCUT2D eigenvalue weighted by Gasteiger charge is 2.53. The van der Waals surface area contributed by atoms with E-state index in [1.54, 1.807) is 25.2 Å². The number of carbonyl (C=O) groups is 4. The van der Waals surface area contributed by atoms with E-state index in [0.717, 1.165) is 50.7 Å². The lowest BCUT2D eigenvalue weighted by Crippen LogP contribution is -2.51. The van der Waals surface area contributed by atoms with Gasteiger partial charge in [0.25, 0.3) is 0 Å². The van der Waals surface area contributed by atoms with Gasteiger partial charge in [-0.1, -0.05) is 62.5 Å². The summed E-state index contributed by atoms with van der Waals surface area (Å²) in [6.45, 7) is 7.12. The molecule has 3 rings (SSSR count). The molecule has 1 fully saturated rings. The van der Waals surface area contributed by atoms with E-state index in [4.69, 9.17) is 35.0 Å². The number of halogens is 1. The van der Waals surface area contributed by atoms with E-state index in [0.29, 0.717) is 43.0 Å². The normalized spacial score (nSPS) is 25.0. The molecule has 1 unspecified atom stereocenters. The van der Waals surface area contributed by atoms with Crippen LogP contribution in [0.15, 0.2) is 40.4 Å². The molecule has 2 aliphatic heterocycles. The maximum Gasteiger partial charge on any atom is 0.414 e. The first kappa shape index (κ1) is 38.7. The third-order valence-electron chi connectivity index (χ3n) is 7.70. The molecule has 13 heteroatoms. The van der Waals surface area contributed by atoms with Crippen LogP contribution in [0, 0.1) is 6.92 Å². The molecule has 0 radical (unpaired) electrons. The maximum atomic E-state index is 13.0. The average Bonchev–Trinajstić information content (AvgIpc) is 3.72. The number of unbranched alkanes of at least 4 members (excludes halogenated alkanes) is 4. The van der Waals surface area contributed by atoms with Gasteiger partial charge in [-0.15, -0.1) is 11.6 Å². The van der Waals surface area contributed by atoms with Gasteiger partial charge in [-0.2, -0.15) is 0 Å². The van der Waals surface area contributed by atoms with Gasteiger partial charge < -0.3 is 28.5 Å². The molecule has 1 aromatic rings. The van der Waals surface area contributed by atoms with Crippen LogP contribution in [0.3, 0.4) is 0 Å². The summed E-state index contributed by atoms with van der Waals surface area (Å²) >= 11 is 6.56. The van der Waals surface area contributed by atoms with Gasteiger partial charge in [-0.05, 0) is 51.7 Å². The van der Waals surface area contributed by atoms with Gasteiger partial charge in [0.15, 0.2) is 12.2 Å². The minimum absolute atomic E-state index is 0.137. The van der Waals surface area contributed by atoms with Crippen LogP contribution in [0.5, 0.6) is 0 Å². The van der Waals surface area contributed by atoms with Crippen molar-refractivity contribution in [1.82, 2.24) is 10.3 Å². The zero-order valence-corrected chi connectivity index (χ0v) is 28.8. The lowest BCUT2D eigenvalue weighted by Gasteiger charge is -2.30. The summed E-state index contributed by atoms with van der Waals surface area (Å²) in [5, 5.41) is 12.3. The van der Waals surface area contributed by atoms with E-state index < -0.39 is 53.9 Å². The number of aliphatic hydroxyl groups excluding tert-OH is 1. The molecular formula is C35H47ClN2O10. The van der Waals surface area contributed by atoms with Crippen LogP contribution in [0.25, 0.3) is 12.2 Å². The van der Waals surface area contributed by atoms with Crippen molar-refractivity contribution in [3.05, 3.63) is 53.3 Å². The molecule has 48 heavy (non-hydrogen) atoms. The highest BCUT2D eigenvalue weighted by molar-refractivity contribution is 6.22. The number of alkyl carbamates (subject to hydrolysis) is 1. The number of esters is 2. The number of fused-ring (bicyclic) bond motifs is 3. The fourth-order valence-electron chi connectivity index (χ4n) is 5.09. The standard InChI is InChI=1S/C35H47ClN2O10/c1-5-6-7-8-9-16-29(40)44-20-13-12-14-25(36)31(42)33-34(48-35(43)37-24(4)39)32-27(46-32)19-18-22(2)21-28-38-26(23(3)45-28)15-10-11-17-30(41)47-33/h10-12,14-15,17,21,25,27,31-34,42H,5-9,13,16,18-20H2,1-4H3,(H,37,39,43)/b14-12+,15-10+,17-11-,22-21-/t25?,27-,31+,32+,33+,34-/m1/s1. The van der Waals surface area contributed by atoms with E-state index in [2.05, 4.69) is 11.9 Å². The Morgan fingerprint density at radius 1 is 1.17 bits per heavy atom. The number of cyclic esters (lactones) is 1. The number of hydrogen-bond donors (Lipinski definition) is 2. The second kappa shape index (κ2) is 19.9. The average molecular weight is 691 g/mol. The highest BCUT2D eigenvalue weighted by Crippen LogP contribution is 2.36. The Labute approximate surface area is 286 Å². The zero-order valence-electron chi connectivity index (χ0n) is 28.0. The SMILES string of the molecule is CCCCCCCC(=O)OCC/C=C/C(Cl)[C@H](O)[C@@H]1OC(=O)/C=C\C=C\c2nc(oc2C)/C=C(/C)CC[C@H]2O[C@@H]2[C@H]1OC(=O)NC(C)=O. The number of ether oxygens (including phenoxy) is 4. The molecule has 0 aromatic carbocycles. The van der Waals surface area contributed by atoms with Crippen molar-refractivity contribution in [3.63, 3.8) is 0 Å². The molecule has 0 aliphatic carbocycles. The first-order chi connectivity index (χ1) is 23.0. The molecule has 2 bridgehead atoms. The van der Waals surface area contributed by atoms with Crippen LogP contribution >= 0.6 is 11.6 Å².